The average Bonchev–Trinajstić information content (AvgIpc) is 2.48. The van der Waals surface area contributed by atoms with Crippen LogP contribution in [0.3, 0.4) is 0 Å². The van der Waals surface area contributed by atoms with E-state index < -0.39 is 11.8 Å². The van der Waals surface area contributed by atoms with Gasteiger partial charge in [0.25, 0.3) is 11.8 Å². The molecule has 21 heavy (non-hydrogen) atoms. The molecule has 1 saturated heterocycles. The molecule has 2 amide bonds. The number of carbonyl (C=O) groups is 2. The van der Waals surface area contributed by atoms with Gasteiger partial charge in [-0.25, -0.2) is 0 Å². The molecule has 0 bridgehead atoms. The van der Waals surface area contributed by atoms with Crippen molar-refractivity contribution >= 4 is 47.0 Å². The van der Waals surface area contributed by atoms with Gasteiger partial charge in [-0.3, -0.25) is 19.8 Å². The maximum atomic E-state index is 12.3. The lowest BCUT2D eigenvalue weighted by molar-refractivity contribution is -0.128. The zero-order chi connectivity index (χ0) is 15.4. The largest absolute Gasteiger partial charge is 0.298 e. The molecule has 2 rings (SSSR count). The van der Waals surface area contributed by atoms with Gasteiger partial charge in [0.15, 0.2) is 5.11 Å². The van der Waals surface area contributed by atoms with Gasteiger partial charge in [0.1, 0.15) is 5.57 Å². The van der Waals surface area contributed by atoms with Crippen molar-refractivity contribution in [2.24, 2.45) is 0 Å². The van der Waals surface area contributed by atoms with Crippen molar-refractivity contribution in [2.75, 3.05) is 12.8 Å². The smallest absolute Gasteiger partial charge is 0.265 e. The molecule has 0 saturated carbocycles. The number of thiocarbonyl (C=S) groups is 1. The van der Waals surface area contributed by atoms with Crippen molar-refractivity contribution in [3.8, 4) is 0 Å². The quantitative estimate of drug-likeness (QED) is 0.304. The lowest BCUT2D eigenvalue weighted by atomic mass is 10.1. The molecule has 6 heteroatoms. The van der Waals surface area contributed by atoms with Gasteiger partial charge in [-0.1, -0.05) is 18.2 Å². The fourth-order valence-corrected chi connectivity index (χ4v) is 2.51. The average molecular weight is 318 g/mol. The van der Waals surface area contributed by atoms with Crippen molar-refractivity contribution in [3.05, 3.63) is 48.1 Å². The summed E-state index contributed by atoms with van der Waals surface area (Å²) in [5, 5.41) is 2.63. The third-order valence-corrected chi connectivity index (χ3v) is 3.99. The molecule has 4 nitrogen and oxygen atoms in total. The molecule has 1 aliphatic rings. The van der Waals surface area contributed by atoms with Crippen LogP contribution < -0.4 is 5.32 Å². The number of thioether (sulfide) groups is 1. The van der Waals surface area contributed by atoms with Gasteiger partial charge in [0, 0.05) is 11.4 Å². The molecule has 1 aromatic carbocycles. The van der Waals surface area contributed by atoms with Gasteiger partial charge in [-0.2, -0.15) is 0 Å². The van der Waals surface area contributed by atoms with Crippen molar-refractivity contribution < 1.29 is 9.59 Å². The predicted molar refractivity (Wildman–Crippen MR) is 88.9 cm³/mol. The molecule has 0 aromatic heterocycles. The zero-order valence-electron chi connectivity index (χ0n) is 11.5. The Hall–Kier alpha value is -1.92. The second kappa shape index (κ2) is 6.69. The highest BCUT2D eigenvalue weighted by Crippen LogP contribution is 2.18. The van der Waals surface area contributed by atoms with Crippen molar-refractivity contribution in [2.45, 2.75) is 4.90 Å². The minimum absolute atomic E-state index is 0.0716. The Balaban J connectivity index is 2.32. The van der Waals surface area contributed by atoms with E-state index in [-0.39, 0.29) is 17.2 Å². The van der Waals surface area contributed by atoms with Crippen LogP contribution >= 0.6 is 24.0 Å². The van der Waals surface area contributed by atoms with Crippen LogP contribution in [-0.2, 0) is 9.59 Å². The summed E-state index contributed by atoms with van der Waals surface area (Å²) in [5.41, 5.74) is 0.861. The van der Waals surface area contributed by atoms with Gasteiger partial charge in [-0.05, 0) is 42.2 Å². The van der Waals surface area contributed by atoms with E-state index in [2.05, 4.69) is 11.9 Å². The van der Waals surface area contributed by atoms with Crippen LogP contribution in [0.5, 0.6) is 0 Å². The van der Waals surface area contributed by atoms with Crippen LogP contribution in [-0.4, -0.2) is 34.6 Å². The number of hydrogen-bond acceptors (Lipinski definition) is 4. The van der Waals surface area contributed by atoms with Crippen LogP contribution in [0, 0.1) is 0 Å². The zero-order valence-corrected chi connectivity index (χ0v) is 13.1. The predicted octanol–water partition coefficient (Wildman–Crippen LogP) is 2.22. The first-order valence-corrected chi connectivity index (χ1v) is 7.84. The molecule has 0 unspecified atom stereocenters. The molecular weight excluding hydrogens is 304 g/mol. The Morgan fingerprint density at radius 1 is 1.33 bits per heavy atom. The summed E-state index contributed by atoms with van der Waals surface area (Å²) in [6.07, 6.45) is 5.12. The third kappa shape index (κ3) is 3.40. The van der Waals surface area contributed by atoms with E-state index >= 15 is 0 Å². The summed E-state index contributed by atoms with van der Waals surface area (Å²) in [7, 11) is 0. The molecule has 0 spiro atoms. The lowest BCUT2D eigenvalue weighted by Gasteiger charge is -2.27. The number of nitrogens with one attached hydrogen (secondary N) is 1. The fraction of sp³-hybridized carbons (Fsp3) is 0.133. The maximum Gasteiger partial charge on any atom is 0.265 e. The minimum Gasteiger partial charge on any atom is -0.298 e. The molecule has 0 atom stereocenters. The maximum absolute atomic E-state index is 12.3. The van der Waals surface area contributed by atoms with E-state index in [4.69, 9.17) is 12.2 Å². The summed E-state index contributed by atoms with van der Waals surface area (Å²) in [6, 6.07) is 7.61. The highest BCUT2D eigenvalue weighted by molar-refractivity contribution is 7.98. The highest BCUT2D eigenvalue weighted by atomic mass is 32.2. The fourth-order valence-electron chi connectivity index (χ4n) is 1.86. The Kier molecular flexibility index (Phi) is 4.93. The SMILES string of the molecule is C=CCN1C(=O)/C(=C/c2ccc(SC)cc2)C(=O)NC1=S. The molecule has 0 aliphatic carbocycles. The molecule has 1 N–H and O–H groups in total. The van der Waals surface area contributed by atoms with E-state index in [1.807, 2.05) is 30.5 Å². The normalized spacial score (nSPS) is 17.1. The number of rotatable bonds is 4. The summed E-state index contributed by atoms with van der Waals surface area (Å²) in [5.74, 6) is -0.878. The molecule has 1 aliphatic heterocycles. The van der Waals surface area contributed by atoms with Crippen LogP contribution in [0.4, 0.5) is 0 Å². The molecule has 0 radical (unpaired) electrons. The monoisotopic (exact) mass is 318 g/mol. The third-order valence-electron chi connectivity index (χ3n) is 2.92. The second-order valence-electron chi connectivity index (χ2n) is 4.29. The first-order valence-electron chi connectivity index (χ1n) is 6.20. The molecule has 1 aromatic rings. The van der Waals surface area contributed by atoms with Crippen LogP contribution in [0.2, 0.25) is 0 Å². The number of benzene rings is 1. The summed E-state index contributed by atoms with van der Waals surface area (Å²) in [6.45, 7) is 3.85. The van der Waals surface area contributed by atoms with Crippen LogP contribution in [0.15, 0.2) is 47.4 Å². The summed E-state index contributed by atoms with van der Waals surface area (Å²) < 4.78 is 0. The molecular formula is C15H14N2O2S2. The molecule has 1 heterocycles. The summed E-state index contributed by atoms with van der Waals surface area (Å²) >= 11 is 6.62. The Morgan fingerprint density at radius 2 is 2.00 bits per heavy atom. The second-order valence-corrected chi connectivity index (χ2v) is 5.56. The van der Waals surface area contributed by atoms with Crippen molar-refractivity contribution in [3.63, 3.8) is 0 Å². The van der Waals surface area contributed by atoms with E-state index in [1.54, 1.807) is 23.9 Å². The number of carbonyl (C=O) groups excluding carboxylic acids is 2. The van der Waals surface area contributed by atoms with Gasteiger partial charge in [0.2, 0.25) is 0 Å². The Bertz CT molecular complexity index is 636. The standard InChI is InChI=1S/C15H14N2O2S2/c1-3-8-17-14(19)12(13(18)16-15(17)20)9-10-4-6-11(21-2)7-5-10/h3-7,9H,1,8H2,2H3,(H,16,18,20)/b12-9+. The van der Waals surface area contributed by atoms with Crippen molar-refractivity contribution in [1.82, 2.24) is 10.2 Å². The van der Waals surface area contributed by atoms with Crippen molar-refractivity contribution in [1.29, 1.82) is 0 Å². The number of amides is 2. The Morgan fingerprint density at radius 3 is 2.57 bits per heavy atom. The van der Waals surface area contributed by atoms with E-state index in [1.165, 1.54) is 4.90 Å². The Labute approximate surface area is 132 Å². The minimum atomic E-state index is -0.473. The van der Waals surface area contributed by atoms with Gasteiger partial charge in [-0.15, -0.1) is 18.3 Å². The van der Waals surface area contributed by atoms with Gasteiger partial charge in [0.05, 0.1) is 0 Å². The van der Waals surface area contributed by atoms with E-state index in [9.17, 15) is 9.59 Å². The lowest BCUT2D eigenvalue weighted by Crippen LogP contribution is -2.53. The first kappa shape index (κ1) is 15.5. The topological polar surface area (TPSA) is 49.4 Å². The van der Waals surface area contributed by atoms with Gasteiger partial charge >= 0.3 is 0 Å². The first-order chi connectivity index (χ1) is 10.1. The highest BCUT2D eigenvalue weighted by Gasteiger charge is 2.32. The molecule has 1 fully saturated rings. The van der Waals surface area contributed by atoms with Crippen LogP contribution in [0.1, 0.15) is 5.56 Å². The number of nitrogens with zero attached hydrogens (tertiary/aromatic N) is 1. The van der Waals surface area contributed by atoms with Gasteiger partial charge < -0.3 is 0 Å². The number of hydrogen-bond donors (Lipinski definition) is 1. The van der Waals surface area contributed by atoms with E-state index in [0.29, 0.717) is 0 Å². The molecule has 108 valence electrons. The van der Waals surface area contributed by atoms with E-state index in [0.717, 1.165) is 10.5 Å². The van der Waals surface area contributed by atoms with Crippen LogP contribution in [0.25, 0.3) is 6.08 Å². The summed E-state index contributed by atoms with van der Waals surface area (Å²) in [4.78, 5) is 26.7.